The third kappa shape index (κ3) is 11.1. The summed E-state index contributed by atoms with van der Waals surface area (Å²) in [5.74, 6) is 0.461. The molecule has 1 unspecified atom stereocenters. The zero-order valence-electron chi connectivity index (χ0n) is 19.2. The molecule has 0 aromatic rings. The molecule has 1 aliphatic rings. The molecule has 0 aromatic heterocycles. The second-order valence-electron chi connectivity index (χ2n) is 8.99. The van der Waals surface area contributed by atoms with Crippen molar-refractivity contribution in [1.29, 1.82) is 0 Å². The van der Waals surface area contributed by atoms with Crippen molar-refractivity contribution in [3.8, 4) is 0 Å². The minimum atomic E-state index is -1.22. The highest BCUT2D eigenvalue weighted by atomic mass is 16.7. The number of rotatable bonds is 17. The summed E-state index contributed by atoms with van der Waals surface area (Å²) >= 11 is 0. The van der Waals surface area contributed by atoms with Crippen LogP contribution in [0.25, 0.3) is 0 Å². The molecule has 1 aliphatic heterocycles. The second-order valence-corrected chi connectivity index (χ2v) is 8.99. The van der Waals surface area contributed by atoms with Crippen molar-refractivity contribution in [3.05, 3.63) is 0 Å². The molecular weight excluding hydrogens is 368 g/mol. The van der Waals surface area contributed by atoms with Gasteiger partial charge in [0.25, 0.3) is 0 Å². The van der Waals surface area contributed by atoms with Gasteiger partial charge in [0.05, 0.1) is 12.7 Å². The summed E-state index contributed by atoms with van der Waals surface area (Å²) in [6.07, 6.45) is 12.9. The predicted molar refractivity (Wildman–Crippen MR) is 118 cm³/mol. The van der Waals surface area contributed by atoms with Crippen LogP contribution in [0.5, 0.6) is 0 Å². The quantitative estimate of drug-likeness (QED) is 0.292. The summed E-state index contributed by atoms with van der Waals surface area (Å²) in [6, 6.07) is 0. The van der Waals surface area contributed by atoms with E-state index in [0.29, 0.717) is 12.5 Å². The minimum Gasteiger partial charge on any atom is -0.388 e. The Morgan fingerprint density at radius 1 is 0.690 bits per heavy atom. The summed E-state index contributed by atoms with van der Waals surface area (Å²) in [5.41, 5.74) is 0. The van der Waals surface area contributed by atoms with Gasteiger partial charge in [-0.25, -0.2) is 0 Å². The van der Waals surface area contributed by atoms with Crippen LogP contribution < -0.4 is 0 Å². The van der Waals surface area contributed by atoms with Crippen molar-refractivity contribution in [1.82, 2.24) is 0 Å². The Hall–Kier alpha value is -0.200. The van der Waals surface area contributed by atoms with Crippen molar-refractivity contribution in [2.75, 3.05) is 6.61 Å². The molecule has 174 valence electrons. The Kier molecular flexibility index (Phi) is 15.3. The zero-order chi connectivity index (χ0) is 21.5. The lowest BCUT2D eigenvalue weighted by Crippen LogP contribution is -2.57. The molecule has 3 N–H and O–H groups in total. The summed E-state index contributed by atoms with van der Waals surface area (Å²) in [6.45, 7) is 6.72. The Bertz CT molecular complexity index is 362. The fraction of sp³-hybridized carbons (Fsp3) is 1.00. The highest BCUT2D eigenvalue weighted by molar-refractivity contribution is 4.87. The third-order valence-corrected chi connectivity index (χ3v) is 6.24. The van der Waals surface area contributed by atoms with Gasteiger partial charge < -0.3 is 24.8 Å². The molecule has 0 spiro atoms. The molecule has 1 saturated heterocycles. The summed E-state index contributed by atoms with van der Waals surface area (Å²) < 4.78 is 11.5. The summed E-state index contributed by atoms with van der Waals surface area (Å²) in [7, 11) is 0. The van der Waals surface area contributed by atoms with Gasteiger partial charge in [0.2, 0.25) is 0 Å². The van der Waals surface area contributed by atoms with Gasteiger partial charge in [-0.15, -0.1) is 0 Å². The van der Waals surface area contributed by atoms with Gasteiger partial charge in [-0.2, -0.15) is 0 Å². The van der Waals surface area contributed by atoms with E-state index in [0.717, 1.165) is 12.8 Å². The molecule has 0 bridgehead atoms. The van der Waals surface area contributed by atoms with Crippen molar-refractivity contribution < 1.29 is 24.8 Å². The molecule has 0 aliphatic carbocycles. The van der Waals surface area contributed by atoms with E-state index in [1.807, 2.05) is 0 Å². The van der Waals surface area contributed by atoms with Crippen LogP contribution in [0.3, 0.4) is 0 Å². The molecule has 5 atom stereocenters. The highest BCUT2D eigenvalue weighted by Crippen LogP contribution is 2.25. The zero-order valence-corrected chi connectivity index (χ0v) is 19.2. The Balaban J connectivity index is 2.38. The lowest BCUT2D eigenvalue weighted by molar-refractivity contribution is -0.295. The lowest BCUT2D eigenvalue weighted by Gasteiger charge is -2.39. The van der Waals surface area contributed by atoms with E-state index in [1.165, 1.54) is 77.0 Å². The lowest BCUT2D eigenvalue weighted by atomic mass is 9.94. The van der Waals surface area contributed by atoms with Crippen LogP contribution in [0.1, 0.15) is 111 Å². The van der Waals surface area contributed by atoms with E-state index in [9.17, 15) is 15.3 Å². The van der Waals surface area contributed by atoms with E-state index < -0.39 is 30.7 Å². The number of hydrogen-bond donors (Lipinski definition) is 3. The SMILES string of the molecule is CCCCCCCCC(CCCCCCCC)COC1O[C@@H](C)[C@H](O)[C@@H](O)[C@H]1O. The van der Waals surface area contributed by atoms with Gasteiger partial charge in [-0.1, -0.05) is 90.9 Å². The van der Waals surface area contributed by atoms with Crippen molar-refractivity contribution in [2.24, 2.45) is 5.92 Å². The van der Waals surface area contributed by atoms with Gasteiger partial charge in [0.1, 0.15) is 18.3 Å². The van der Waals surface area contributed by atoms with E-state index in [2.05, 4.69) is 13.8 Å². The summed E-state index contributed by atoms with van der Waals surface area (Å²) in [5, 5.41) is 30.0. The molecular formula is C24H48O5. The van der Waals surface area contributed by atoms with E-state index in [4.69, 9.17) is 9.47 Å². The Morgan fingerprint density at radius 2 is 1.17 bits per heavy atom. The van der Waals surface area contributed by atoms with Crippen molar-refractivity contribution in [3.63, 3.8) is 0 Å². The van der Waals surface area contributed by atoms with E-state index in [-0.39, 0.29) is 0 Å². The van der Waals surface area contributed by atoms with Crippen LogP contribution >= 0.6 is 0 Å². The third-order valence-electron chi connectivity index (χ3n) is 6.24. The van der Waals surface area contributed by atoms with Gasteiger partial charge in [-0.3, -0.25) is 0 Å². The van der Waals surface area contributed by atoms with E-state index in [1.54, 1.807) is 6.92 Å². The molecule has 5 heteroatoms. The van der Waals surface area contributed by atoms with Crippen LogP contribution in [0, 0.1) is 5.92 Å². The molecule has 1 rings (SSSR count). The van der Waals surface area contributed by atoms with Crippen LogP contribution in [0.4, 0.5) is 0 Å². The van der Waals surface area contributed by atoms with Gasteiger partial charge in [0, 0.05) is 0 Å². The monoisotopic (exact) mass is 416 g/mol. The number of hydrogen-bond acceptors (Lipinski definition) is 5. The first kappa shape index (κ1) is 26.8. The van der Waals surface area contributed by atoms with E-state index >= 15 is 0 Å². The number of unbranched alkanes of at least 4 members (excludes halogenated alkanes) is 10. The normalized spacial score (nSPS) is 27.6. The topological polar surface area (TPSA) is 79.2 Å². The highest BCUT2D eigenvalue weighted by Gasteiger charge is 2.42. The van der Waals surface area contributed by atoms with Crippen LogP contribution in [0.2, 0.25) is 0 Å². The van der Waals surface area contributed by atoms with Gasteiger partial charge in [0.15, 0.2) is 6.29 Å². The number of aliphatic hydroxyl groups excluding tert-OH is 3. The fourth-order valence-electron chi connectivity index (χ4n) is 4.12. The van der Waals surface area contributed by atoms with Gasteiger partial charge in [-0.05, 0) is 25.7 Å². The molecule has 0 radical (unpaired) electrons. The summed E-state index contributed by atoms with van der Waals surface area (Å²) in [4.78, 5) is 0. The van der Waals surface area contributed by atoms with Crippen molar-refractivity contribution >= 4 is 0 Å². The Morgan fingerprint density at radius 3 is 1.69 bits per heavy atom. The molecule has 0 amide bonds. The van der Waals surface area contributed by atoms with Crippen LogP contribution in [-0.4, -0.2) is 52.6 Å². The predicted octanol–water partition coefficient (Wildman–Crippen LogP) is 4.95. The molecule has 0 saturated carbocycles. The fourth-order valence-corrected chi connectivity index (χ4v) is 4.12. The van der Waals surface area contributed by atoms with Gasteiger partial charge >= 0.3 is 0 Å². The average molecular weight is 417 g/mol. The maximum Gasteiger partial charge on any atom is 0.186 e. The number of ether oxygens (including phenoxy) is 2. The molecule has 5 nitrogen and oxygen atoms in total. The molecule has 0 aromatic carbocycles. The molecule has 1 heterocycles. The Labute approximate surface area is 179 Å². The number of aliphatic hydroxyl groups is 3. The minimum absolute atomic E-state index is 0.461. The standard InChI is InChI=1S/C24H48O5/c1-4-6-8-10-12-14-16-20(17-15-13-11-9-7-5-2)18-28-24-23(27)22(26)21(25)19(3)29-24/h19-27H,4-18H2,1-3H3/t19-,21-,22+,23+,24?/m0/s1. The first-order valence-electron chi connectivity index (χ1n) is 12.3. The van der Waals surface area contributed by atoms with Crippen LogP contribution in [-0.2, 0) is 9.47 Å². The molecule has 29 heavy (non-hydrogen) atoms. The largest absolute Gasteiger partial charge is 0.388 e. The smallest absolute Gasteiger partial charge is 0.186 e. The molecule has 1 fully saturated rings. The first-order chi connectivity index (χ1) is 14.0. The first-order valence-corrected chi connectivity index (χ1v) is 12.3. The van der Waals surface area contributed by atoms with Crippen LogP contribution in [0.15, 0.2) is 0 Å². The van der Waals surface area contributed by atoms with Crippen molar-refractivity contribution in [2.45, 2.75) is 141 Å². The second kappa shape index (κ2) is 16.5. The average Bonchev–Trinajstić information content (AvgIpc) is 2.72. The maximum atomic E-state index is 10.2. The maximum absolute atomic E-state index is 10.2.